The number of nitrogens with zero attached hydrogens (tertiary/aromatic N) is 1. The topological polar surface area (TPSA) is 30.0 Å². The monoisotopic (exact) mass is 257 g/mol. The molecule has 0 saturated heterocycles. The third-order valence-electron chi connectivity index (χ3n) is 2.64. The first-order valence-electron chi connectivity index (χ1n) is 5.38. The Morgan fingerprint density at radius 1 is 1.11 bits per heavy atom. The molecule has 0 atom stereocenters. The van der Waals surface area contributed by atoms with Crippen molar-refractivity contribution >= 4 is 27.8 Å². The highest BCUT2D eigenvalue weighted by Gasteiger charge is 2.06. The second kappa shape index (κ2) is 4.31. The molecule has 2 aromatic carbocycles. The summed E-state index contributed by atoms with van der Waals surface area (Å²) in [5.74, 6) is -0.261. The normalized spacial score (nSPS) is 10.7. The minimum Gasteiger partial charge on any atom is -0.298 e. The fourth-order valence-corrected chi connectivity index (χ4v) is 2.75. The number of halogens is 1. The van der Waals surface area contributed by atoms with Crippen molar-refractivity contribution in [1.29, 1.82) is 0 Å². The minimum absolute atomic E-state index is 0.261. The minimum atomic E-state index is -0.261. The fraction of sp³-hybridized carbons (Fsp3) is 0. The van der Waals surface area contributed by atoms with E-state index < -0.39 is 0 Å². The van der Waals surface area contributed by atoms with Crippen LogP contribution in [0.15, 0.2) is 42.5 Å². The molecule has 0 aliphatic rings. The number of fused-ring (bicyclic) bond motifs is 1. The summed E-state index contributed by atoms with van der Waals surface area (Å²) >= 11 is 1.49. The molecule has 0 spiro atoms. The van der Waals surface area contributed by atoms with E-state index in [1.165, 1.54) is 23.5 Å². The van der Waals surface area contributed by atoms with Gasteiger partial charge in [-0.25, -0.2) is 9.37 Å². The van der Waals surface area contributed by atoms with Gasteiger partial charge in [-0.15, -0.1) is 11.3 Å². The molecular formula is C14H8FNOS. The van der Waals surface area contributed by atoms with Crippen LogP contribution in [-0.2, 0) is 0 Å². The predicted molar refractivity (Wildman–Crippen MR) is 70.4 cm³/mol. The van der Waals surface area contributed by atoms with Crippen LogP contribution in [0, 0.1) is 5.82 Å². The number of hydrogen-bond donors (Lipinski definition) is 0. The molecule has 0 fully saturated rings. The number of benzene rings is 2. The maximum absolute atomic E-state index is 12.8. The molecule has 2 nitrogen and oxygen atoms in total. The second-order valence-electron chi connectivity index (χ2n) is 3.87. The zero-order valence-electron chi connectivity index (χ0n) is 9.26. The van der Waals surface area contributed by atoms with Gasteiger partial charge in [-0.3, -0.25) is 4.79 Å². The molecule has 4 heteroatoms. The highest BCUT2D eigenvalue weighted by molar-refractivity contribution is 7.21. The van der Waals surface area contributed by atoms with E-state index in [2.05, 4.69) is 4.98 Å². The van der Waals surface area contributed by atoms with Gasteiger partial charge >= 0.3 is 0 Å². The smallest absolute Gasteiger partial charge is 0.150 e. The number of thiazole rings is 1. The van der Waals surface area contributed by atoms with Gasteiger partial charge in [-0.1, -0.05) is 0 Å². The van der Waals surface area contributed by atoms with Crippen molar-refractivity contribution in [2.45, 2.75) is 0 Å². The summed E-state index contributed by atoms with van der Waals surface area (Å²) in [4.78, 5) is 15.2. The van der Waals surface area contributed by atoms with Gasteiger partial charge in [0.15, 0.2) is 0 Å². The predicted octanol–water partition coefficient (Wildman–Crippen LogP) is 3.91. The van der Waals surface area contributed by atoms with Gasteiger partial charge in [0.25, 0.3) is 0 Å². The Balaban J connectivity index is 2.12. The Kier molecular flexibility index (Phi) is 2.64. The Morgan fingerprint density at radius 2 is 1.89 bits per heavy atom. The third-order valence-corrected chi connectivity index (χ3v) is 3.71. The Hall–Kier alpha value is -2.07. The molecule has 0 N–H and O–H groups in total. The van der Waals surface area contributed by atoms with Gasteiger partial charge in [0.2, 0.25) is 0 Å². The van der Waals surface area contributed by atoms with Crippen LogP contribution in [-0.4, -0.2) is 11.3 Å². The van der Waals surface area contributed by atoms with E-state index in [4.69, 9.17) is 0 Å². The van der Waals surface area contributed by atoms with Crippen molar-refractivity contribution in [2.24, 2.45) is 0 Å². The summed E-state index contributed by atoms with van der Waals surface area (Å²) in [6, 6.07) is 11.6. The summed E-state index contributed by atoms with van der Waals surface area (Å²) in [6.07, 6.45) is 0.816. The highest BCUT2D eigenvalue weighted by atomic mass is 32.1. The van der Waals surface area contributed by atoms with E-state index in [0.717, 1.165) is 27.1 Å². The number of rotatable bonds is 2. The molecule has 0 radical (unpaired) electrons. The first-order chi connectivity index (χ1) is 8.76. The van der Waals surface area contributed by atoms with Gasteiger partial charge < -0.3 is 0 Å². The summed E-state index contributed by atoms with van der Waals surface area (Å²) in [6.45, 7) is 0. The number of carbonyl (C=O) groups excluding carboxylic acids is 1. The van der Waals surface area contributed by atoms with Crippen LogP contribution >= 0.6 is 11.3 Å². The van der Waals surface area contributed by atoms with E-state index >= 15 is 0 Å². The molecule has 0 saturated carbocycles. The quantitative estimate of drug-likeness (QED) is 0.651. The van der Waals surface area contributed by atoms with E-state index in [0.29, 0.717) is 5.56 Å². The Labute approximate surface area is 107 Å². The lowest BCUT2D eigenvalue weighted by Gasteiger charge is -1.94. The Bertz CT molecular complexity index is 718. The molecular weight excluding hydrogens is 249 g/mol. The second-order valence-corrected chi connectivity index (χ2v) is 4.90. The maximum Gasteiger partial charge on any atom is 0.150 e. The lowest BCUT2D eigenvalue weighted by Crippen LogP contribution is -1.78. The standard InChI is InChI=1S/C14H8FNOS/c15-11-4-2-10(3-5-11)14-16-12-6-1-9(8-17)7-13(12)18-14/h1-8H. The molecule has 3 aromatic rings. The summed E-state index contributed by atoms with van der Waals surface area (Å²) in [5.41, 5.74) is 2.37. The van der Waals surface area contributed by atoms with Gasteiger partial charge in [-0.05, 0) is 42.5 Å². The van der Waals surface area contributed by atoms with Crippen molar-refractivity contribution in [2.75, 3.05) is 0 Å². The lowest BCUT2D eigenvalue weighted by atomic mass is 10.2. The van der Waals surface area contributed by atoms with Crippen molar-refractivity contribution in [3.63, 3.8) is 0 Å². The summed E-state index contributed by atoms with van der Waals surface area (Å²) in [5, 5.41) is 0.827. The van der Waals surface area contributed by atoms with Gasteiger partial charge in [-0.2, -0.15) is 0 Å². The van der Waals surface area contributed by atoms with Crippen molar-refractivity contribution in [3.05, 3.63) is 53.8 Å². The number of carbonyl (C=O) groups is 1. The zero-order valence-corrected chi connectivity index (χ0v) is 10.1. The molecule has 1 aromatic heterocycles. The Morgan fingerprint density at radius 3 is 2.61 bits per heavy atom. The number of hydrogen-bond acceptors (Lipinski definition) is 3. The van der Waals surface area contributed by atoms with Gasteiger partial charge in [0.05, 0.1) is 10.2 Å². The van der Waals surface area contributed by atoms with Crippen LogP contribution in [0.25, 0.3) is 20.8 Å². The largest absolute Gasteiger partial charge is 0.298 e. The molecule has 0 amide bonds. The summed E-state index contributed by atoms with van der Waals surface area (Å²) < 4.78 is 13.8. The average molecular weight is 257 g/mol. The molecule has 0 unspecified atom stereocenters. The molecule has 88 valence electrons. The van der Waals surface area contributed by atoms with Crippen molar-refractivity contribution in [1.82, 2.24) is 4.98 Å². The van der Waals surface area contributed by atoms with E-state index in [1.807, 2.05) is 12.1 Å². The maximum atomic E-state index is 12.8. The van der Waals surface area contributed by atoms with E-state index in [1.54, 1.807) is 18.2 Å². The number of aldehydes is 1. The fourth-order valence-electron chi connectivity index (χ4n) is 1.73. The van der Waals surface area contributed by atoms with Crippen LogP contribution in [0.4, 0.5) is 4.39 Å². The third kappa shape index (κ3) is 1.91. The highest BCUT2D eigenvalue weighted by Crippen LogP contribution is 2.30. The van der Waals surface area contributed by atoms with Crippen LogP contribution in [0.3, 0.4) is 0 Å². The molecule has 0 bridgehead atoms. The molecule has 0 aliphatic carbocycles. The van der Waals surface area contributed by atoms with Crippen molar-refractivity contribution in [3.8, 4) is 10.6 Å². The number of aromatic nitrogens is 1. The first-order valence-corrected chi connectivity index (χ1v) is 6.19. The van der Waals surface area contributed by atoms with Gasteiger partial charge in [0.1, 0.15) is 17.1 Å². The lowest BCUT2D eigenvalue weighted by molar-refractivity contribution is 0.112. The van der Waals surface area contributed by atoms with Crippen LogP contribution < -0.4 is 0 Å². The first kappa shape index (κ1) is 11.0. The van der Waals surface area contributed by atoms with Crippen molar-refractivity contribution < 1.29 is 9.18 Å². The molecule has 18 heavy (non-hydrogen) atoms. The van der Waals surface area contributed by atoms with Crippen LogP contribution in [0.5, 0.6) is 0 Å². The summed E-state index contributed by atoms with van der Waals surface area (Å²) in [7, 11) is 0. The average Bonchev–Trinajstić information content (AvgIpc) is 2.82. The SMILES string of the molecule is O=Cc1ccc2nc(-c3ccc(F)cc3)sc2c1. The molecule has 0 aliphatic heterocycles. The molecule has 1 heterocycles. The van der Waals surface area contributed by atoms with E-state index in [9.17, 15) is 9.18 Å². The van der Waals surface area contributed by atoms with E-state index in [-0.39, 0.29) is 5.82 Å². The molecule has 3 rings (SSSR count). The van der Waals surface area contributed by atoms with Crippen LogP contribution in [0.1, 0.15) is 10.4 Å². The van der Waals surface area contributed by atoms with Gasteiger partial charge in [0, 0.05) is 11.1 Å². The van der Waals surface area contributed by atoms with Crippen LogP contribution in [0.2, 0.25) is 0 Å². The zero-order chi connectivity index (χ0) is 12.5.